The molecule has 7 heteroatoms. The second kappa shape index (κ2) is 11.5. The molecule has 2 atom stereocenters. The molecule has 0 bridgehead atoms. The van der Waals surface area contributed by atoms with Crippen molar-refractivity contribution in [1.29, 1.82) is 0 Å². The van der Waals surface area contributed by atoms with E-state index in [2.05, 4.69) is 31.8 Å². The van der Waals surface area contributed by atoms with Gasteiger partial charge in [-0.15, -0.1) is 11.6 Å². The molecule has 0 aliphatic carbocycles. The maximum absolute atomic E-state index is 6.59. The molecule has 4 nitrogen and oxygen atoms in total. The highest BCUT2D eigenvalue weighted by molar-refractivity contribution is 6.32. The van der Waals surface area contributed by atoms with Gasteiger partial charge in [-0.1, -0.05) is 63.0 Å². The smallest absolute Gasteiger partial charge is 0.137 e. The lowest BCUT2D eigenvalue weighted by Crippen LogP contribution is -2.19. The zero-order valence-corrected chi connectivity index (χ0v) is 21.8. The van der Waals surface area contributed by atoms with Crippen LogP contribution in [0.3, 0.4) is 0 Å². The molecule has 0 amide bonds. The highest BCUT2D eigenvalue weighted by atomic mass is 35.5. The number of ether oxygens (including phenoxy) is 2. The summed E-state index contributed by atoms with van der Waals surface area (Å²) in [6.07, 6.45) is 5.54. The molecule has 0 fully saturated rings. The van der Waals surface area contributed by atoms with Gasteiger partial charge in [-0.25, -0.2) is 4.98 Å². The van der Waals surface area contributed by atoms with Crippen molar-refractivity contribution < 1.29 is 9.47 Å². The predicted octanol–water partition coefficient (Wildman–Crippen LogP) is 7.48. The van der Waals surface area contributed by atoms with Gasteiger partial charge >= 0.3 is 0 Å². The topological polar surface area (TPSA) is 36.3 Å². The van der Waals surface area contributed by atoms with Gasteiger partial charge < -0.3 is 14.0 Å². The molecular formula is C26H31Cl3N2O2. The first kappa shape index (κ1) is 25.7. The Balaban J connectivity index is 1.68. The summed E-state index contributed by atoms with van der Waals surface area (Å²) in [6.45, 7) is 10.4. The summed E-state index contributed by atoms with van der Waals surface area (Å²) in [5.74, 6) is 2.48. The molecular weight excluding hydrogens is 479 g/mol. The van der Waals surface area contributed by atoms with E-state index in [1.54, 1.807) is 6.20 Å². The SMILES string of the molecule is C[C@H](COc1ccc(C(C)(C)c2ccc(OC[C@@H](C)CCl)c(Cl)c2)cc1Cl)Cn1ccnc1. The predicted molar refractivity (Wildman–Crippen MR) is 137 cm³/mol. The number of nitrogens with zero attached hydrogens (tertiary/aromatic N) is 2. The fourth-order valence-corrected chi connectivity index (χ4v) is 4.06. The van der Waals surface area contributed by atoms with E-state index in [0.717, 1.165) is 17.7 Å². The molecule has 0 aliphatic heterocycles. The average molecular weight is 510 g/mol. The van der Waals surface area contributed by atoms with E-state index in [0.29, 0.717) is 46.6 Å². The van der Waals surface area contributed by atoms with Gasteiger partial charge in [-0.2, -0.15) is 0 Å². The average Bonchev–Trinajstić information content (AvgIpc) is 3.30. The molecule has 0 aliphatic rings. The molecule has 1 heterocycles. The van der Waals surface area contributed by atoms with Crippen LogP contribution in [0.4, 0.5) is 0 Å². The van der Waals surface area contributed by atoms with Crippen molar-refractivity contribution in [3.8, 4) is 11.5 Å². The van der Waals surface area contributed by atoms with E-state index in [1.165, 1.54) is 0 Å². The molecule has 0 N–H and O–H groups in total. The number of benzene rings is 2. The fraction of sp³-hybridized carbons (Fsp3) is 0.423. The first-order chi connectivity index (χ1) is 15.7. The van der Waals surface area contributed by atoms with E-state index in [-0.39, 0.29) is 11.3 Å². The second-order valence-electron chi connectivity index (χ2n) is 9.16. The van der Waals surface area contributed by atoms with Gasteiger partial charge in [0, 0.05) is 42.1 Å². The van der Waals surface area contributed by atoms with E-state index in [1.807, 2.05) is 54.3 Å². The minimum absolute atomic E-state index is 0.260. The van der Waals surface area contributed by atoms with Crippen molar-refractivity contribution >= 4 is 34.8 Å². The Kier molecular flexibility index (Phi) is 8.97. The van der Waals surface area contributed by atoms with Crippen molar-refractivity contribution in [1.82, 2.24) is 9.55 Å². The number of halogens is 3. The Morgan fingerprint density at radius 3 is 1.91 bits per heavy atom. The molecule has 0 saturated carbocycles. The van der Waals surface area contributed by atoms with Gasteiger partial charge in [0.15, 0.2) is 0 Å². The monoisotopic (exact) mass is 508 g/mol. The van der Waals surface area contributed by atoms with Crippen LogP contribution in [0.25, 0.3) is 0 Å². The molecule has 0 spiro atoms. The van der Waals surface area contributed by atoms with Crippen molar-refractivity contribution in [2.24, 2.45) is 11.8 Å². The number of hydrogen-bond acceptors (Lipinski definition) is 3. The van der Waals surface area contributed by atoms with E-state index >= 15 is 0 Å². The second-order valence-corrected chi connectivity index (χ2v) is 10.3. The largest absolute Gasteiger partial charge is 0.492 e. The normalized spacial score (nSPS) is 13.5. The third-order valence-electron chi connectivity index (χ3n) is 5.70. The van der Waals surface area contributed by atoms with Crippen LogP contribution in [-0.4, -0.2) is 28.6 Å². The fourth-order valence-electron chi connectivity index (χ4n) is 3.50. The Labute approximate surface area is 211 Å². The molecule has 178 valence electrons. The van der Waals surface area contributed by atoms with Crippen molar-refractivity contribution in [2.75, 3.05) is 19.1 Å². The van der Waals surface area contributed by atoms with Crippen LogP contribution in [0.2, 0.25) is 10.0 Å². The molecule has 3 rings (SSSR count). The maximum Gasteiger partial charge on any atom is 0.137 e. The first-order valence-corrected chi connectivity index (χ1v) is 12.4. The van der Waals surface area contributed by atoms with Crippen molar-refractivity contribution in [3.05, 3.63) is 76.3 Å². The van der Waals surface area contributed by atoms with Crippen LogP contribution in [-0.2, 0) is 12.0 Å². The lowest BCUT2D eigenvalue weighted by atomic mass is 9.78. The van der Waals surface area contributed by atoms with Crippen LogP contribution in [0.15, 0.2) is 55.1 Å². The Bertz CT molecular complexity index is 1040. The minimum atomic E-state index is -0.303. The zero-order valence-electron chi connectivity index (χ0n) is 19.5. The van der Waals surface area contributed by atoms with Crippen molar-refractivity contribution in [2.45, 2.75) is 39.7 Å². The Morgan fingerprint density at radius 1 is 0.909 bits per heavy atom. The minimum Gasteiger partial charge on any atom is -0.492 e. The maximum atomic E-state index is 6.59. The lowest BCUT2D eigenvalue weighted by molar-refractivity contribution is 0.244. The molecule has 1 aromatic heterocycles. The molecule has 33 heavy (non-hydrogen) atoms. The van der Waals surface area contributed by atoms with Crippen LogP contribution >= 0.6 is 34.8 Å². The van der Waals surface area contributed by atoms with Gasteiger partial charge in [0.25, 0.3) is 0 Å². The number of imidazole rings is 1. The zero-order chi connectivity index (χ0) is 24.0. The summed E-state index contributed by atoms with van der Waals surface area (Å²) in [5.41, 5.74) is 1.85. The summed E-state index contributed by atoms with van der Waals surface area (Å²) in [5, 5.41) is 1.18. The van der Waals surface area contributed by atoms with E-state index in [9.17, 15) is 0 Å². The van der Waals surface area contributed by atoms with E-state index in [4.69, 9.17) is 44.3 Å². The quantitative estimate of drug-likeness (QED) is 0.251. The summed E-state index contributed by atoms with van der Waals surface area (Å²) in [6, 6.07) is 11.9. The number of aromatic nitrogens is 2. The summed E-state index contributed by atoms with van der Waals surface area (Å²) >= 11 is 19.0. The van der Waals surface area contributed by atoms with Crippen LogP contribution in [0.5, 0.6) is 11.5 Å². The Hall–Kier alpha value is -1.88. The standard InChI is InChI=1S/C26H31Cl3N2O2/c1-18(13-27)15-32-24-7-5-20(11-22(24)28)26(3,4)21-6-8-25(23(29)12-21)33-16-19(2)14-31-10-9-30-17-31/h5-12,17-19H,13-16H2,1-4H3/t18-,19-/m0/s1. The molecule has 0 unspecified atom stereocenters. The van der Waals surface area contributed by atoms with Crippen molar-refractivity contribution in [3.63, 3.8) is 0 Å². The van der Waals surface area contributed by atoms with Gasteiger partial charge in [0.2, 0.25) is 0 Å². The summed E-state index contributed by atoms with van der Waals surface area (Å²) in [4.78, 5) is 4.08. The first-order valence-electron chi connectivity index (χ1n) is 11.1. The number of hydrogen-bond donors (Lipinski definition) is 0. The molecule has 0 saturated heterocycles. The molecule has 0 radical (unpaired) electrons. The third kappa shape index (κ3) is 6.81. The third-order valence-corrected chi connectivity index (χ3v) is 6.82. The summed E-state index contributed by atoms with van der Waals surface area (Å²) in [7, 11) is 0. The molecule has 3 aromatic rings. The highest BCUT2D eigenvalue weighted by Crippen LogP contribution is 2.38. The lowest BCUT2D eigenvalue weighted by Gasteiger charge is -2.27. The van der Waals surface area contributed by atoms with Gasteiger partial charge in [0.1, 0.15) is 11.5 Å². The van der Waals surface area contributed by atoms with Gasteiger partial charge in [0.05, 0.1) is 29.6 Å². The van der Waals surface area contributed by atoms with E-state index < -0.39 is 0 Å². The Morgan fingerprint density at radius 2 is 1.45 bits per heavy atom. The number of alkyl halides is 1. The van der Waals surface area contributed by atoms with Gasteiger partial charge in [-0.3, -0.25) is 0 Å². The molecule has 2 aromatic carbocycles. The van der Waals surface area contributed by atoms with Crippen LogP contribution in [0, 0.1) is 11.8 Å². The van der Waals surface area contributed by atoms with Gasteiger partial charge in [-0.05, 0) is 35.4 Å². The van der Waals surface area contributed by atoms with Crippen LogP contribution in [0.1, 0.15) is 38.8 Å². The summed E-state index contributed by atoms with van der Waals surface area (Å²) < 4.78 is 13.9. The number of rotatable bonds is 11. The highest BCUT2D eigenvalue weighted by Gasteiger charge is 2.25. The van der Waals surface area contributed by atoms with Crippen LogP contribution < -0.4 is 9.47 Å².